The highest BCUT2D eigenvalue weighted by molar-refractivity contribution is 6.23. The minimum Gasteiger partial charge on any atom is -0.456 e. The van der Waals surface area contributed by atoms with Gasteiger partial charge in [0.2, 0.25) is 0 Å². The highest BCUT2D eigenvalue weighted by Gasteiger charge is 2.50. The molecule has 6 heteroatoms. The molecule has 9 aromatic carbocycles. The maximum atomic E-state index is 10.1. The summed E-state index contributed by atoms with van der Waals surface area (Å²) in [5.41, 5.74) is 18.4. The van der Waals surface area contributed by atoms with E-state index >= 15 is 0 Å². The van der Waals surface area contributed by atoms with E-state index < -0.39 is 5.41 Å². The first-order valence-corrected chi connectivity index (χ1v) is 26.0. The molecular weight excluding hydrogens is 917 g/mol. The summed E-state index contributed by atoms with van der Waals surface area (Å²) in [7, 11) is 0. The van der Waals surface area contributed by atoms with Crippen LogP contribution in [-0.2, 0) is 11.8 Å². The van der Waals surface area contributed by atoms with E-state index in [4.69, 9.17) is 8.83 Å². The lowest BCUT2D eigenvalue weighted by molar-refractivity contribution is 0.596. The van der Waals surface area contributed by atoms with Gasteiger partial charge in [0.25, 0.3) is 0 Å². The first-order chi connectivity index (χ1) is 36.8. The SMILES string of the molecule is CC(C)c1ccc(N(c2ccc(C#N)cc2)c2cc3c(c4c2oc2ccccc24)-c2c(cc(N(c4ccc(C#N)cc4)c4ccc(C(C)C)cc4)c4c5c(oc24)C=CCC5)C3(c2ccccc2)c2ccccc2)cc1. The molecule has 6 nitrogen and oxygen atoms in total. The number of furan rings is 2. The Morgan fingerprint density at radius 1 is 0.493 bits per heavy atom. The van der Waals surface area contributed by atoms with Gasteiger partial charge in [-0.3, -0.25) is 0 Å². The van der Waals surface area contributed by atoms with E-state index in [2.05, 4.69) is 213 Å². The van der Waals surface area contributed by atoms with Gasteiger partial charge in [0.15, 0.2) is 5.58 Å². The summed E-state index contributed by atoms with van der Waals surface area (Å²) in [5, 5.41) is 23.1. The molecule has 0 saturated carbocycles. The maximum absolute atomic E-state index is 10.1. The average Bonchev–Trinajstić information content (AvgIpc) is 4.28. The predicted molar refractivity (Wildman–Crippen MR) is 305 cm³/mol. The first-order valence-electron chi connectivity index (χ1n) is 26.0. The zero-order valence-corrected chi connectivity index (χ0v) is 42.3. The van der Waals surface area contributed by atoms with Crippen LogP contribution in [-0.4, -0.2) is 0 Å². The summed E-state index contributed by atoms with van der Waals surface area (Å²) in [6, 6.07) is 73.4. The molecule has 2 aliphatic carbocycles. The second-order valence-corrected chi connectivity index (χ2v) is 20.5. The second kappa shape index (κ2) is 18.0. The molecule has 0 bridgehead atoms. The van der Waals surface area contributed by atoms with Gasteiger partial charge in [-0.05, 0) is 155 Å². The van der Waals surface area contributed by atoms with Crippen LogP contribution in [0, 0.1) is 22.7 Å². The van der Waals surface area contributed by atoms with Crippen molar-refractivity contribution in [3.05, 3.63) is 256 Å². The van der Waals surface area contributed by atoms with E-state index in [1.54, 1.807) is 0 Å². The van der Waals surface area contributed by atoms with Gasteiger partial charge >= 0.3 is 0 Å². The van der Waals surface area contributed by atoms with Gasteiger partial charge in [-0.1, -0.05) is 137 Å². The highest BCUT2D eigenvalue weighted by atomic mass is 16.3. The summed E-state index contributed by atoms with van der Waals surface area (Å²) in [5.74, 6) is 1.56. The molecule has 0 N–H and O–H groups in total. The maximum Gasteiger partial charge on any atom is 0.160 e. The fourth-order valence-corrected chi connectivity index (χ4v) is 12.0. The zero-order valence-electron chi connectivity index (χ0n) is 42.3. The third-order valence-corrected chi connectivity index (χ3v) is 15.6. The van der Waals surface area contributed by atoms with Crippen LogP contribution in [0.2, 0.25) is 0 Å². The van der Waals surface area contributed by atoms with Crippen molar-refractivity contribution in [3.8, 4) is 23.3 Å². The Kier molecular flexibility index (Phi) is 10.9. The molecule has 11 aromatic rings. The summed E-state index contributed by atoms with van der Waals surface area (Å²) >= 11 is 0. The van der Waals surface area contributed by atoms with Crippen molar-refractivity contribution in [2.45, 2.75) is 57.8 Å². The highest BCUT2D eigenvalue weighted by Crippen LogP contribution is 2.64. The fraction of sp³-hybridized carbons (Fsp3) is 0.130. The summed E-state index contributed by atoms with van der Waals surface area (Å²) in [6.45, 7) is 8.89. The Balaban J connectivity index is 1.23. The van der Waals surface area contributed by atoms with E-state index in [0.29, 0.717) is 23.0 Å². The van der Waals surface area contributed by atoms with Gasteiger partial charge in [-0.2, -0.15) is 10.5 Å². The van der Waals surface area contributed by atoms with Crippen molar-refractivity contribution in [1.29, 1.82) is 10.5 Å². The van der Waals surface area contributed by atoms with Crippen LogP contribution in [0.4, 0.5) is 34.1 Å². The molecular formula is C69H52N4O2. The smallest absolute Gasteiger partial charge is 0.160 e. The molecule has 2 aliphatic rings. The molecule has 0 saturated heterocycles. The van der Waals surface area contributed by atoms with Crippen LogP contribution in [0.25, 0.3) is 50.1 Å². The number of anilines is 6. The van der Waals surface area contributed by atoms with Crippen molar-refractivity contribution < 1.29 is 8.83 Å². The minimum absolute atomic E-state index is 0.345. The normalized spacial score (nSPS) is 13.2. The Labute approximate surface area is 437 Å². The minimum atomic E-state index is -0.920. The molecule has 0 fully saturated rings. The Morgan fingerprint density at radius 3 is 1.51 bits per heavy atom. The number of rotatable bonds is 10. The van der Waals surface area contributed by atoms with Gasteiger partial charge < -0.3 is 18.6 Å². The van der Waals surface area contributed by atoms with E-state index in [0.717, 1.165) is 119 Å². The van der Waals surface area contributed by atoms with E-state index in [1.807, 2.05) is 42.5 Å². The van der Waals surface area contributed by atoms with E-state index in [1.165, 1.54) is 16.7 Å². The van der Waals surface area contributed by atoms with E-state index in [9.17, 15) is 10.5 Å². The Hall–Kier alpha value is -9.36. The molecule has 2 heterocycles. The molecule has 2 aromatic heterocycles. The Morgan fingerprint density at radius 2 is 0.973 bits per heavy atom. The van der Waals surface area contributed by atoms with Crippen molar-refractivity contribution in [2.24, 2.45) is 0 Å². The first kappa shape index (κ1) is 45.5. The number of hydrogen-bond acceptors (Lipinski definition) is 6. The summed E-state index contributed by atoms with van der Waals surface area (Å²) < 4.78 is 14.8. The quantitative estimate of drug-likeness (QED) is 0.136. The second-order valence-electron chi connectivity index (χ2n) is 20.5. The zero-order chi connectivity index (χ0) is 51.0. The molecule has 13 rings (SSSR count). The van der Waals surface area contributed by atoms with Crippen LogP contribution in [0.3, 0.4) is 0 Å². The third-order valence-electron chi connectivity index (χ3n) is 15.6. The molecule has 0 aliphatic heterocycles. The number of nitriles is 2. The lowest BCUT2D eigenvalue weighted by Crippen LogP contribution is -2.29. The van der Waals surface area contributed by atoms with Crippen molar-refractivity contribution >= 4 is 73.1 Å². The number of hydrogen-bond donors (Lipinski definition) is 0. The van der Waals surface area contributed by atoms with Gasteiger partial charge in [0.1, 0.15) is 16.9 Å². The number of para-hydroxylation sites is 1. The number of fused-ring (bicyclic) bond motifs is 11. The van der Waals surface area contributed by atoms with Crippen LogP contribution in [0.5, 0.6) is 0 Å². The number of aryl methyl sites for hydroxylation is 1. The number of allylic oxidation sites excluding steroid dienone is 1. The van der Waals surface area contributed by atoms with Crippen LogP contribution in [0.1, 0.15) is 102 Å². The Bertz CT molecular complexity index is 4070. The average molecular weight is 969 g/mol. The fourth-order valence-electron chi connectivity index (χ4n) is 12.0. The monoisotopic (exact) mass is 968 g/mol. The number of nitrogens with zero attached hydrogens (tertiary/aromatic N) is 4. The van der Waals surface area contributed by atoms with Crippen LogP contribution >= 0.6 is 0 Å². The van der Waals surface area contributed by atoms with Crippen molar-refractivity contribution in [1.82, 2.24) is 0 Å². The third kappa shape index (κ3) is 7.13. The molecule has 75 heavy (non-hydrogen) atoms. The van der Waals surface area contributed by atoms with Crippen LogP contribution < -0.4 is 9.80 Å². The van der Waals surface area contributed by atoms with E-state index in [-0.39, 0.29) is 0 Å². The number of benzene rings is 9. The van der Waals surface area contributed by atoms with Gasteiger partial charge in [0.05, 0.1) is 40.1 Å². The van der Waals surface area contributed by atoms with Gasteiger partial charge in [0, 0.05) is 55.6 Å². The lowest BCUT2D eigenvalue weighted by Gasteiger charge is -2.36. The van der Waals surface area contributed by atoms with Gasteiger partial charge in [-0.15, -0.1) is 0 Å². The molecule has 0 unspecified atom stereocenters. The molecule has 0 amide bonds. The molecule has 360 valence electrons. The van der Waals surface area contributed by atoms with Crippen molar-refractivity contribution in [2.75, 3.05) is 9.80 Å². The van der Waals surface area contributed by atoms with Crippen molar-refractivity contribution in [3.63, 3.8) is 0 Å². The largest absolute Gasteiger partial charge is 0.456 e. The van der Waals surface area contributed by atoms with Crippen LogP contribution in [0.15, 0.2) is 209 Å². The molecule has 0 atom stereocenters. The van der Waals surface area contributed by atoms with Gasteiger partial charge in [-0.25, -0.2) is 0 Å². The summed E-state index contributed by atoms with van der Waals surface area (Å²) in [4.78, 5) is 4.66. The lowest BCUT2D eigenvalue weighted by atomic mass is 9.67. The summed E-state index contributed by atoms with van der Waals surface area (Å²) in [6.07, 6.45) is 6.07. The molecule has 0 radical (unpaired) electrons. The molecule has 0 spiro atoms. The standard InChI is InChI=1S/C69H52N4O2/c1-43(2)47-27-35-53(36-28-47)72(51-31-23-45(41-70)24-32-51)59-39-58-66(68-63(59)55-19-11-13-21-61(55)75-68)65-57(69(58,49-15-7-5-8-16-49)50-17-9-6-10-18-50)40-60(67-64(65)56-20-12-14-22-62(56)74-67)73(52-33-25-46(42-71)26-34-52)54-37-29-48(30-38-54)44(3)4/h5-10,12-18,20-40,43-44H,11,19H2,1-4H3. The topological polar surface area (TPSA) is 80.3 Å². The predicted octanol–water partition coefficient (Wildman–Crippen LogP) is 18.6.